The Morgan fingerprint density at radius 3 is 3.12 bits per heavy atom. The second-order valence-electron chi connectivity index (χ2n) is 4.83. The molecule has 5 nitrogen and oxygen atoms in total. The van der Waals surface area contributed by atoms with Gasteiger partial charge >= 0.3 is 0 Å². The molecule has 1 aromatic heterocycles. The minimum Gasteiger partial charge on any atom is -0.349 e. The Morgan fingerprint density at radius 1 is 1.65 bits per heavy atom. The SMILES string of the molecule is CC1CCCC(CNC(=O)c2cn(C)cn2)N1. The molecular weight excluding hydrogens is 216 g/mol. The molecule has 0 bridgehead atoms. The first kappa shape index (κ1) is 12.1. The molecule has 94 valence electrons. The van der Waals surface area contributed by atoms with Crippen molar-refractivity contribution < 1.29 is 4.79 Å². The van der Waals surface area contributed by atoms with Gasteiger partial charge in [0.2, 0.25) is 0 Å². The summed E-state index contributed by atoms with van der Waals surface area (Å²) in [7, 11) is 1.86. The highest BCUT2D eigenvalue weighted by atomic mass is 16.1. The van der Waals surface area contributed by atoms with E-state index in [4.69, 9.17) is 0 Å². The van der Waals surface area contributed by atoms with Gasteiger partial charge in [0, 0.05) is 31.9 Å². The molecule has 1 aliphatic heterocycles. The largest absolute Gasteiger partial charge is 0.349 e. The van der Waals surface area contributed by atoms with Crippen LogP contribution in [0.2, 0.25) is 0 Å². The molecule has 0 saturated carbocycles. The highest BCUT2D eigenvalue weighted by Crippen LogP contribution is 2.11. The molecule has 17 heavy (non-hydrogen) atoms. The van der Waals surface area contributed by atoms with E-state index in [1.165, 1.54) is 12.8 Å². The number of rotatable bonds is 3. The molecule has 1 amide bonds. The van der Waals surface area contributed by atoms with Crippen molar-refractivity contribution in [2.24, 2.45) is 7.05 Å². The number of hydrogen-bond acceptors (Lipinski definition) is 3. The molecule has 2 N–H and O–H groups in total. The van der Waals surface area contributed by atoms with Crippen molar-refractivity contribution in [1.82, 2.24) is 20.2 Å². The lowest BCUT2D eigenvalue weighted by atomic mass is 10.00. The van der Waals surface area contributed by atoms with Gasteiger partial charge in [0.1, 0.15) is 5.69 Å². The molecule has 2 atom stereocenters. The van der Waals surface area contributed by atoms with Crippen molar-refractivity contribution in [2.45, 2.75) is 38.3 Å². The molecule has 2 unspecified atom stereocenters. The van der Waals surface area contributed by atoms with Crippen LogP contribution in [0.15, 0.2) is 12.5 Å². The zero-order valence-electron chi connectivity index (χ0n) is 10.4. The third kappa shape index (κ3) is 3.30. The predicted octanol–water partition coefficient (Wildman–Crippen LogP) is 0.680. The lowest BCUT2D eigenvalue weighted by molar-refractivity contribution is 0.0941. The first-order valence-electron chi connectivity index (χ1n) is 6.17. The number of aryl methyl sites for hydroxylation is 1. The van der Waals surface area contributed by atoms with Crippen LogP contribution in [0.3, 0.4) is 0 Å². The summed E-state index contributed by atoms with van der Waals surface area (Å²) in [5.41, 5.74) is 0.483. The lowest BCUT2D eigenvalue weighted by Gasteiger charge is -2.28. The van der Waals surface area contributed by atoms with Gasteiger partial charge in [-0.2, -0.15) is 0 Å². The molecule has 2 heterocycles. The lowest BCUT2D eigenvalue weighted by Crippen LogP contribution is -2.47. The Labute approximate surface area is 102 Å². The van der Waals surface area contributed by atoms with E-state index in [2.05, 4.69) is 22.5 Å². The van der Waals surface area contributed by atoms with E-state index < -0.39 is 0 Å². The Hall–Kier alpha value is -1.36. The fourth-order valence-corrected chi connectivity index (χ4v) is 2.24. The number of carbonyl (C=O) groups excluding carboxylic acids is 1. The zero-order chi connectivity index (χ0) is 12.3. The van der Waals surface area contributed by atoms with Crippen LogP contribution in [0.4, 0.5) is 0 Å². The van der Waals surface area contributed by atoms with Gasteiger partial charge < -0.3 is 15.2 Å². The Balaban J connectivity index is 1.80. The number of hydrogen-bond donors (Lipinski definition) is 2. The first-order chi connectivity index (χ1) is 8.15. The molecular formula is C12H20N4O. The predicted molar refractivity (Wildman–Crippen MR) is 65.8 cm³/mol. The third-order valence-corrected chi connectivity index (χ3v) is 3.16. The smallest absolute Gasteiger partial charge is 0.271 e. The standard InChI is InChI=1S/C12H20N4O/c1-9-4-3-5-10(15-9)6-13-12(17)11-7-16(2)8-14-11/h7-10,15H,3-6H2,1-2H3,(H,13,17). The fraction of sp³-hybridized carbons (Fsp3) is 0.667. The van der Waals surface area contributed by atoms with Gasteiger partial charge in [-0.25, -0.2) is 4.98 Å². The molecule has 0 aromatic carbocycles. The van der Waals surface area contributed by atoms with Crippen LogP contribution in [0.1, 0.15) is 36.7 Å². The quantitative estimate of drug-likeness (QED) is 0.811. The topological polar surface area (TPSA) is 59.0 Å². The number of amides is 1. The van der Waals surface area contributed by atoms with E-state index in [9.17, 15) is 4.79 Å². The average molecular weight is 236 g/mol. The van der Waals surface area contributed by atoms with Crippen LogP contribution in [0.5, 0.6) is 0 Å². The maximum absolute atomic E-state index is 11.8. The maximum atomic E-state index is 11.8. The normalized spacial score (nSPS) is 24.6. The summed E-state index contributed by atoms with van der Waals surface area (Å²) in [4.78, 5) is 15.8. The van der Waals surface area contributed by atoms with Crippen LogP contribution in [-0.4, -0.2) is 34.1 Å². The number of aromatic nitrogens is 2. The first-order valence-corrected chi connectivity index (χ1v) is 6.17. The summed E-state index contributed by atoms with van der Waals surface area (Å²) < 4.78 is 1.77. The van der Waals surface area contributed by atoms with Gasteiger partial charge in [-0.1, -0.05) is 6.42 Å². The second kappa shape index (κ2) is 5.31. The average Bonchev–Trinajstić information content (AvgIpc) is 2.73. The van der Waals surface area contributed by atoms with Crippen LogP contribution < -0.4 is 10.6 Å². The van der Waals surface area contributed by atoms with E-state index >= 15 is 0 Å². The Bertz CT molecular complexity index is 388. The molecule has 0 aliphatic carbocycles. The minimum absolute atomic E-state index is 0.0920. The van der Waals surface area contributed by atoms with Gasteiger partial charge in [0.25, 0.3) is 5.91 Å². The molecule has 1 aliphatic rings. The van der Waals surface area contributed by atoms with E-state index in [1.54, 1.807) is 17.1 Å². The number of carbonyl (C=O) groups is 1. The highest BCUT2D eigenvalue weighted by Gasteiger charge is 2.18. The molecule has 1 saturated heterocycles. The van der Waals surface area contributed by atoms with Crippen molar-refractivity contribution >= 4 is 5.91 Å². The number of nitrogens with zero attached hydrogens (tertiary/aromatic N) is 2. The molecule has 0 radical (unpaired) electrons. The zero-order valence-corrected chi connectivity index (χ0v) is 10.4. The van der Waals surface area contributed by atoms with Crippen molar-refractivity contribution in [3.8, 4) is 0 Å². The van der Waals surface area contributed by atoms with Crippen molar-refractivity contribution in [2.75, 3.05) is 6.54 Å². The number of piperidine rings is 1. The van der Waals surface area contributed by atoms with Gasteiger partial charge in [-0.3, -0.25) is 4.79 Å². The van der Waals surface area contributed by atoms with E-state index in [0.29, 0.717) is 24.3 Å². The number of imidazole rings is 1. The van der Waals surface area contributed by atoms with Crippen molar-refractivity contribution in [1.29, 1.82) is 0 Å². The summed E-state index contributed by atoms with van der Waals surface area (Å²) >= 11 is 0. The maximum Gasteiger partial charge on any atom is 0.271 e. The summed E-state index contributed by atoms with van der Waals surface area (Å²) in [5, 5.41) is 6.41. The van der Waals surface area contributed by atoms with Crippen LogP contribution in [-0.2, 0) is 7.05 Å². The van der Waals surface area contributed by atoms with Gasteiger partial charge in [0.05, 0.1) is 6.33 Å². The molecule has 5 heteroatoms. The summed E-state index contributed by atoms with van der Waals surface area (Å²) in [6.07, 6.45) is 6.96. The summed E-state index contributed by atoms with van der Waals surface area (Å²) in [6.45, 7) is 2.87. The highest BCUT2D eigenvalue weighted by molar-refractivity contribution is 5.92. The van der Waals surface area contributed by atoms with Gasteiger partial charge in [-0.15, -0.1) is 0 Å². The molecule has 1 fully saturated rings. The second-order valence-corrected chi connectivity index (χ2v) is 4.83. The van der Waals surface area contributed by atoms with Crippen molar-refractivity contribution in [3.05, 3.63) is 18.2 Å². The minimum atomic E-state index is -0.0920. The van der Waals surface area contributed by atoms with Crippen LogP contribution >= 0.6 is 0 Å². The monoisotopic (exact) mass is 236 g/mol. The third-order valence-electron chi connectivity index (χ3n) is 3.16. The van der Waals surface area contributed by atoms with E-state index in [-0.39, 0.29) is 5.91 Å². The Morgan fingerprint density at radius 2 is 2.47 bits per heavy atom. The number of nitrogens with one attached hydrogen (secondary N) is 2. The summed E-state index contributed by atoms with van der Waals surface area (Å²) in [6, 6.07) is 0.951. The summed E-state index contributed by atoms with van der Waals surface area (Å²) in [5.74, 6) is -0.0920. The van der Waals surface area contributed by atoms with Gasteiger partial charge in [0.15, 0.2) is 0 Å². The van der Waals surface area contributed by atoms with E-state index in [1.807, 2.05) is 7.05 Å². The van der Waals surface area contributed by atoms with Crippen molar-refractivity contribution in [3.63, 3.8) is 0 Å². The molecule has 0 spiro atoms. The molecule has 2 rings (SSSR count). The Kier molecular flexibility index (Phi) is 3.78. The van der Waals surface area contributed by atoms with E-state index in [0.717, 1.165) is 6.42 Å². The van der Waals surface area contributed by atoms with Crippen LogP contribution in [0.25, 0.3) is 0 Å². The fourth-order valence-electron chi connectivity index (χ4n) is 2.24. The molecule has 1 aromatic rings. The van der Waals surface area contributed by atoms with Gasteiger partial charge in [-0.05, 0) is 19.8 Å². The van der Waals surface area contributed by atoms with Crippen LogP contribution in [0, 0.1) is 0 Å².